The summed E-state index contributed by atoms with van der Waals surface area (Å²) in [5.41, 5.74) is 2.11. The second kappa shape index (κ2) is 6.70. The van der Waals surface area contributed by atoms with Crippen LogP contribution in [0.15, 0.2) is 0 Å². The van der Waals surface area contributed by atoms with Gasteiger partial charge in [-0.2, -0.15) is 0 Å². The van der Waals surface area contributed by atoms with Gasteiger partial charge in [0.15, 0.2) is 0 Å². The third kappa shape index (κ3) is 3.60. The normalized spacial score (nSPS) is 31.5. The second-order valence-electron chi connectivity index (χ2n) is 9.42. The molecular formula is C17H34N6OP+. The Morgan fingerprint density at radius 1 is 0.800 bits per heavy atom. The SMILES string of the molecule is C1NCC12CNC2.C[NH+]1CC2(CNC2)C1.O=C(P)N1CC2(CNC2)C1. The zero-order chi connectivity index (χ0) is 17.5. The molecule has 6 fully saturated rings. The number of amides is 1. The summed E-state index contributed by atoms with van der Waals surface area (Å²) < 4.78 is 0. The number of nitrogens with zero attached hydrogens (tertiary/aromatic N) is 1. The minimum absolute atomic E-state index is 0.137. The Morgan fingerprint density at radius 3 is 1.36 bits per heavy atom. The molecule has 8 heteroatoms. The van der Waals surface area contributed by atoms with E-state index in [0.717, 1.165) is 37.0 Å². The molecule has 0 aromatic carbocycles. The lowest BCUT2D eigenvalue weighted by atomic mass is 9.75. The highest BCUT2D eigenvalue weighted by Crippen LogP contribution is 2.34. The van der Waals surface area contributed by atoms with Gasteiger partial charge in [-0.3, -0.25) is 4.79 Å². The fourth-order valence-electron chi connectivity index (χ4n) is 4.79. The summed E-state index contributed by atoms with van der Waals surface area (Å²) in [4.78, 5) is 14.3. The van der Waals surface area contributed by atoms with Crippen LogP contribution in [0.5, 0.6) is 0 Å². The molecule has 0 aliphatic carbocycles. The van der Waals surface area contributed by atoms with Crippen molar-refractivity contribution >= 4 is 14.9 Å². The first kappa shape index (κ1) is 18.1. The molecule has 0 radical (unpaired) electrons. The monoisotopic (exact) mass is 369 g/mol. The zero-order valence-electron chi connectivity index (χ0n) is 15.4. The topological polar surface area (TPSA) is 72.9 Å². The van der Waals surface area contributed by atoms with Gasteiger partial charge < -0.3 is 31.1 Å². The lowest BCUT2D eigenvalue weighted by Crippen LogP contribution is -3.21. The molecule has 1 atom stereocenters. The van der Waals surface area contributed by atoms with E-state index in [4.69, 9.17) is 0 Å². The number of nitrogens with one attached hydrogen (secondary N) is 5. The number of hydrogen-bond donors (Lipinski definition) is 5. The molecule has 1 amide bonds. The van der Waals surface area contributed by atoms with Gasteiger partial charge in [-0.15, -0.1) is 0 Å². The molecule has 0 aromatic rings. The van der Waals surface area contributed by atoms with E-state index in [0.29, 0.717) is 5.41 Å². The van der Waals surface area contributed by atoms with Gasteiger partial charge in [-0.25, -0.2) is 0 Å². The third-order valence-corrected chi connectivity index (χ3v) is 7.08. The minimum Gasteiger partial charge on any atom is -0.338 e. The number of rotatable bonds is 0. The van der Waals surface area contributed by atoms with Crippen LogP contribution in [0.1, 0.15) is 0 Å². The molecular weight excluding hydrogens is 335 g/mol. The molecule has 6 aliphatic rings. The van der Waals surface area contributed by atoms with Crippen LogP contribution in [-0.2, 0) is 0 Å². The quantitative estimate of drug-likeness (QED) is 0.298. The van der Waals surface area contributed by atoms with E-state index in [1.54, 1.807) is 4.90 Å². The van der Waals surface area contributed by atoms with Crippen LogP contribution in [0.2, 0.25) is 0 Å². The zero-order valence-corrected chi connectivity index (χ0v) is 16.6. The van der Waals surface area contributed by atoms with Gasteiger partial charge in [0.1, 0.15) is 0 Å². The van der Waals surface area contributed by atoms with Crippen molar-refractivity contribution in [2.75, 3.05) is 85.6 Å². The molecule has 0 saturated carbocycles. The Hall–Kier alpha value is -0.300. The predicted octanol–water partition coefficient (Wildman–Crippen LogP) is -2.83. The second-order valence-corrected chi connectivity index (χ2v) is 9.91. The molecule has 25 heavy (non-hydrogen) atoms. The fraction of sp³-hybridized carbons (Fsp3) is 0.941. The maximum atomic E-state index is 10.7. The third-order valence-electron chi connectivity index (χ3n) is 6.72. The first-order chi connectivity index (χ1) is 11.9. The standard InChI is InChI=1S/C6H11N2OP.C6H12N2.C5H10N2/c9-5(10)8-3-6(4-8)1-7-2-6;1-8-4-6(5-8)2-7-3-6;1-5(2-6-1)3-7-4-5/h7H,1-4,10H2;7H,2-5H2,1H3;6-7H,1-4H2/p+1. The van der Waals surface area contributed by atoms with Crippen molar-refractivity contribution in [3.63, 3.8) is 0 Å². The Bertz CT molecular complexity index is 482. The molecule has 6 aliphatic heterocycles. The van der Waals surface area contributed by atoms with Crippen molar-refractivity contribution in [1.29, 1.82) is 0 Å². The van der Waals surface area contributed by atoms with Crippen molar-refractivity contribution in [2.45, 2.75) is 0 Å². The molecule has 6 rings (SSSR count). The van der Waals surface area contributed by atoms with E-state index in [-0.39, 0.29) is 5.65 Å². The highest BCUT2D eigenvalue weighted by atomic mass is 31.0. The molecule has 6 heterocycles. The number of carbonyl (C=O) groups excluding carboxylic acids is 1. The van der Waals surface area contributed by atoms with E-state index < -0.39 is 0 Å². The summed E-state index contributed by atoms with van der Waals surface area (Å²) in [7, 11) is 4.48. The maximum absolute atomic E-state index is 10.7. The lowest BCUT2D eigenvalue weighted by Gasteiger charge is -2.55. The lowest BCUT2D eigenvalue weighted by molar-refractivity contribution is -0.944. The highest BCUT2D eigenvalue weighted by Gasteiger charge is 2.50. The number of quaternary nitrogens is 1. The van der Waals surface area contributed by atoms with Gasteiger partial charge in [0.25, 0.3) is 0 Å². The molecule has 0 bridgehead atoms. The van der Waals surface area contributed by atoms with Crippen molar-refractivity contribution < 1.29 is 9.69 Å². The van der Waals surface area contributed by atoms with Crippen LogP contribution in [0.4, 0.5) is 4.79 Å². The molecule has 3 spiro atoms. The summed E-state index contributed by atoms with van der Waals surface area (Å²) in [6, 6.07) is 0. The van der Waals surface area contributed by atoms with Gasteiger partial charge in [-0.1, -0.05) is 0 Å². The molecule has 5 N–H and O–H groups in total. The Morgan fingerprint density at radius 2 is 1.20 bits per heavy atom. The van der Waals surface area contributed by atoms with E-state index in [9.17, 15) is 4.79 Å². The van der Waals surface area contributed by atoms with Crippen molar-refractivity contribution in [1.82, 2.24) is 26.2 Å². The van der Waals surface area contributed by atoms with Crippen molar-refractivity contribution in [2.24, 2.45) is 16.2 Å². The largest absolute Gasteiger partial charge is 0.338 e. The summed E-state index contributed by atoms with van der Waals surface area (Å²) in [6.45, 7) is 14.5. The Kier molecular flexibility index (Phi) is 4.84. The molecule has 6 saturated heterocycles. The van der Waals surface area contributed by atoms with Crippen LogP contribution in [-0.4, -0.2) is 96.1 Å². The van der Waals surface area contributed by atoms with Gasteiger partial charge in [0.05, 0.1) is 25.6 Å². The Balaban J connectivity index is 0.0000000956. The van der Waals surface area contributed by atoms with Gasteiger partial charge in [-0.05, 0) is 9.24 Å². The first-order valence-electron chi connectivity index (χ1n) is 9.63. The summed E-state index contributed by atoms with van der Waals surface area (Å²) >= 11 is 0. The van der Waals surface area contributed by atoms with Crippen LogP contribution in [0.3, 0.4) is 0 Å². The van der Waals surface area contributed by atoms with Crippen molar-refractivity contribution in [3.8, 4) is 0 Å². The van der Waals surface area contributed by atoms with Gasteiger partial charge in [0.2, 0.25) is 5.65 Å². The fourth-order valence-corrected chi connectivity index (χ4v) is 4.97. The van der Waals surface area contributed by atoms with Gasteiger partial charge in [0, 0.05) is 76.3 Å². The number of hydrogen-bond acceptors (Lipinski definition) is 5. The summed E-state index contributed by atoms with van der Waals surface area (Å²) in [5.74, 6) is 0. The van der Waals surface area contributed by atoms with Crippen LogP contribution in [0.25, 0.3) is 0 Å². The minimum atomic E-state index is 0.137. The van der Waals surface area contributed by atoms with Crippen LogP contribution < -0.4 is 26.2 Å². The average Bonchev–Trinajstić information content (AvgIpc) is 2.26. The van der Waals surface area contributed by atoms with E-state index in [1.165, 1.54) is 52.4 Å². The average molecular weight is 369 g/mol. The maximum Gasteiger partial charge on any atom is 0.237 e. The molecule has 0 aromatic heterocycles. The molecule has 7 nitrogen and oxygen atoms in total. The first-order valence-corrected chi connectivity index (χ1v) is 10.2. The van der Waals surface area contributed by atoms with Crippen LogP contribution in [0, 0.1) is 16.2 Å². The van der Waals surface area contributed by atoms with Crippen molar-refractivity contribution in [3.05, 3.63) is 0 Å². The predicted molar refractivity (Wildman–Crippen MR) is 102 cm³/mol. The smallest absolute Gasteiger partial charge is 0.237 e. The van der Waals surface area contributed by atoms with Crippen LogP contribution >= 0.6 is 9.24 Å². The summed E-state index contributed by atoms with van der Waals surface area (Å²) in [6.07, 6.45) is 0. The number of carbonyl (C=O) groups is 1. The molecule has 142 valence electrons. The Labute approximate surface area is 153 Å². The molecule has 1 unspecified atom stereocenters. The van der Waals surface area contributed by atoms with E-state index >= 15 is 0 Å². The number of likely N-dealkylation sites (tertiary alicyclic amines) is 2. The highest BCUT2D eigenvalue weighted by molar-refractivity contribution is 7.39. The van der Waals surface area contributed by atoms with E-state index in [2.05, 4.69) is 37.6 Å². The van der Waals surface area contributed by atoms with Gasteiger partial charge >= 0.3 is 0 Å². The van der Waals surface area contributed by atoms with E-state index in [1.807, 2.05) is 4.90 Å². The summed E-state index contributed by atoms with van der Waals surface area (Å²) in [5, 5.41) is 13.1.